The van der Waals surface area contributed by atoms with E-state index in [0.29, 0.717) is 14.6 Å². The van der Waals surface area contributed by atoms with Crippen molar-refractivity contribution in [3.8, 4) is 11.1 Å². The monoisotopic (exact) mass is 370 g/mol. The van der Waals surface area contributed by atoms with Crippen LogP contribution in [-0.4, -0.2) is 15.2 Å². The van der Waals surface area contributed by atoms with E-state index in [1.54, 1.807) is 17.5 Å². The highest BCUT2D eigenvalue weighted by Crippen LogP contribution is 2.31. The fraction of sp³-hybridized carbons (Fsp3) is 0. The Hall–Kier alpha value is -2.22. The lowest BCUT2D eigenvalue weighted by Crippen LogP contribution is -2.17. The van der Waals surface area contributed by atoms with Crippen LogP contribution >= 0.6 is 35.3 Å². The minimum absolute atomic E-state index is 0.00397. The third-order valence-electron chi connectivity index (χ3n) is 3.63. The first kappa shape index (κ1) is 15.3. The van der Waals surface area contributed by atoms with Crippen molar-refractivity contribution in [3.05, 3.63) is 61.9 Å². The summed E-state index contributed by atoms with van der Waals surface area (Å²) >= 11 is 7.80. The lowest BCUT2D eigenvalue weighted by Gasteiger charge is -2.01. The highest BCUT2D eigenvalue weighted by atomic mass is 32.2. The van der Waals surface area contributed by atoms with Gasteiger partial charge in [-0.15, -0.1) is 11.3 Å². The van der Waals surface area contributed by atoms with E-state index < -0.39 is 0 Å². The molecule has 4 nitrogen and oxygen atoms in total. The van der Waals surface area contributed by atoms with Gasteiger partial charge in [-0.3, -0.25) is 9.59 Å². The lowest BCUT2D eigenvalue weighted by molar-refractivity contribution is -0.115. The number of H-pyrrole nitrogens is 1. The molecule has 1 fully saturated rings. The van der Waals surface area contributed by atoms with Crippen molar-refractivity contribution in [1.29, 1.82) is 0 Å². The van der Waals surface area contributed by atoms with E-state index in [0.717, 1.165) is 21.5 Å². The fourth-order valence-corrected chi connectivity index (χ4v) is 4.44. The number of fused-ring (bicyclic) bond motifs is 1. The quantitative estimate of drug-likeness (QED) is 0.533. The first-order valence-corrected chi connectivity index (χ1v) is 9.16. The molecule has 118 valence electrons. The predicted molar refractivity (Wildman–Crippen MR) is 104 cm³/mol. The van der Waals surface area contributed by atoms with Crippen LogP contribution in [0.25, 0.3) is 28.1 Å². The molecular weight excluding hydrogens is 360 g/mol. The average molecular weight is 370 g/mol. The number of carbonyl (C=O) groups excluding carboxylic acids is 1. The zero-order chi connectivity index (χ0) is 16.7. The third kappa shape index (κ3) is 2.82. The van der Waals surface area contributed by atoms with Gasteiger partial charge >= 0.3 is 0 Å². The molecule has 1 aromatic carbocycles. The number of pyridine rings is 1. The molecule has 3 heterocycles. The minimum Gasteiger partial charge on any atom is -0.361 e. The summed E-state index contributed by atoms with van der Waals surface area (Å²) in [4.78, 5) is 28.3. The van der Waals surface area contributed by atoms with E-state index in [1.807, 2.05) is 35.7 Å². The molecule has 3 aromatic rings. The Bertz CT molecular complexity index is 1080. The van der Waals surface area contributed by atoms with Crippen LogP contribution in [0.5, 0.6) is 0 Å². The summed E-state index contributed by atoms with van der Waals surface area (Å²) in [6.07, 6.45) is 3.48. The zero-order valence-electron chi connectivity index (χ0n) is 12.2. The number of hydrogen-bond acceptors (Lipinski definition) is 5. The molecule has 0 aliphatic carbocycles. The second-order valence-corrected chi connectivity index (χ2v) is 7.85. The molecule has 1 aliphatic rings. The number of thiocarbonyl (C=S) groups is 1. The molecule has 0 bridgehead atoms. The standard InChI is InChI=1S/C17H10N2O2S3/c20-14-3-4-18-13-2-1-9(6-12(13)14)10-5-11(23-8-10)7-15-16(21)19-17(22)24-15/h1-8H,(H,18,20)(H,19,21,22). The molecule has 0 spiro atoms. The highest BCUT2D eigenvalue weighted by Gasteiger charge is 2.22. The number of carbonyl (C=O) groups is 1. The maximum atomic E-state index is 12.0. The third-order valence-corrected chi connectivity index (χ3v) is 5.67. The van der Waals surface area contributed by atoms with Gasteiger partial charge < -0.3 is 10.3 Å². The number of aromatic nitrogens is 1. The van der Waals surface area contributed by atoms with Gasteiger partial charge in [-0.1, -0.05) is 30.0 Å². The fourth-order valence-electron chi connectivity index (χ4n) is 2.48. The van der Waals surface area contributed by atoms with Gasteiger partial charge in [-0.2, -0.15) is 0 Å². The van der Waals surface area contributed by atoms with Crippen LogP contribution in [0.3, 0.4) is 0 Å². The lowest BCUT2D eigenvalue weighted by atomic mass is 10.1. The van der Waals surface area contributed by atoms with Crippen molar-refractivity contribution in [2.75, 3.05) is 0 Å². The van der Waals surface area contributed by atoms with Crippen molar-refractivity contribution in [2.45, 2.75) is 0 Å². The molecule has 0 radical (unpaired) electrons. The summed E-state index contributed by atoms with van der Waals surface area (Å²) in [5.74, 6) is -0.155. The molecule has 1 aliphatic heterocycles. The van der Waals surface area contributed by atoms with Crippen molar-refractivity contribution < 1.29 is 4.79 Å². The van der Waals surface area contributed by atoms with E-state index in [9.17, 15) is 9.59 Å². The Labute approximate surface area is 150 Å². The number of thioether (sulfide) groups is 1. The van der Waals surface area contributed by atoms with Crippen LogP contribution in [0.1, 0.15) is 4.88 Å². The second-order valence-electron chi connectivity index (χ2n) is 5.19. The number of aromatic amines is 1. The molecule has 4 rings (SSSR count). The molecule has 2 aromatic heterocycles. The first-order chi connectivity index (χ1) is 11.6. The van der Waals surface area contributed by atoms with Crippen molar-refractivity contribution >= 4 is 62.5 Å². The van der Waals surface area contributed by atoms with Gasteiger partial charge in [0.15, 0.2) is 5.43 Å². The Morgan fingerprint density at radius 1 is 1.08 bits per heavy atom. The average Bonchev–Trinajstić information content (AvgIpc) is 3.15. The molecule has 1 amide bonds. The largest absolute Gasteiger partial charge is 0.361 e. The summed E-state index contributed by atoms with van der Waals surface area (Å²) in [5, 5.41) is 5.28. The maximum Gasteiger partial charge on any atom is 0.263 e. The van der Waals surface area contributed by atoms with E-state index in [4.69, 9.17) is 12.2 Å². The highest BCUT2D eigenvalue weighted by molar-refractivity contribution is 8.26. The molecule has 0 saturated carbocycles. The van der Waals surface area contributed by atoms with E-state index >= 15 is 0 Å². The summed E-state index contributed by atoms with van der Waals surface area (Å²) < 4.78 is 0.483. The summed E-state index contributed by atoms with van der Waals surface area (Å²) in [7, 11) is 0. The van der Waals surface area contributed by atoms with Crippen molar-refractivity contribution in [1.82, 2.24) is 10.3 Å². The number of benzene rings is 1. The van der Waals surface area contributed by atoms with Crippen LogP contribution in [0, 0.1) is 0 Å². The van der Waals surface area contributed by atoms with E-state index in [1.165, 1.54) is 17.8 Å². The first-order valence-electron chi connectivity index (χ1n) is 7.05. The number of hydrogen-bond donors (Lipinski definition) is 2. The normalized spacial score (nSPS) is 16.1. The maximum absolute atomic E-state index is 12.0. The Morgan fingerprint density at radius 2 is 1.96 bits per heavy atom. The van der Waals surface area contributed by atoms with Crippen molar-refractivity contribution in [2.24, 2.45) is 0 Å². The number of thiophene rings is 1. The number of amides is 1. The molecule has 0 unspecified atom stereocenters. The van der Waals surface area contributed by atoms with Gasteiger partial charge in [0.25, 0.3) is 5.91 Å². The van der Waals surface area contributed by atoms with Crippen LogP contribution < -0.4 is 10.7 Å². The number of rotatable bonds is 2. The molecular formula is C17H10N2O2S3. The smallest absolute Gasteiger partial charge is 0.263 e. The van der Waals surface area contributed by atoms with Crippen LogP contribution in [-0.2, 0) is 4.79 Å². The summed E-state index contributed by atoms with van der Waals surface area (Å²) in [6, 6.07) is 9.29. The van der Waals surface area contributed by atoms with Gasteiger partial charge in [0, 0.05) is 28.0 Å². The zero-order valence-corrected chi connectivity index (χ0v) is 14.6. The molecule has 7 heteroatoms. The topological polar surface area (TPSA) is 62.0 Å². The van der Waals surface area contributed by atoms with Gasteiger partial charge in [-0.25, -0.2) is 0 Å². The van der Waals surface area contributed by atoms with Gasteiger partial charge in [0.1, 0.15) is 4.32 Å². The number of nitrogens with one attached hydrogen (secondary N) is 2. The van der Waals surface area contributed by atoms with Crippen molar-refractivity contribution in [3.63, 3.8) is 0 Å². The molecule has 2 N–H and O–H groups in total. The van der Waals surface area contributed by atoms with Crippen LogP contribution in [0.15, 0.2) is 51.6 Å². The predicted octanol–water partition coefficient (Wildman–Crippen LogP) is 3.75. The Morgan fingerprint density at radius 3 is 2.75 bits per heavy atom. The summed E-state index contributed by atoms with van der Waals surface area (Å²) in [5.41, 5.74) is 2.80. The Balaban J connectivity index is 1.72. The van der Waals surface area contributed by atoms with Crippen LogP contribution in [0.4, 0.5) is 0 Å². The Kier molecular flexibility index (Phi) is 3.84. The molecule has 1 saturated heterocycles. The van der Waals surface area contributed by atoms with Gasteiger partial charge in [-0.05, 0) is 40.8 Å². The van der Waals surface area contributed by atoms with E-state index in [2.05, 4.69) is 10.3 Å². The van der Waals surface area contributed by atoms with Gasteiger partial charge in [0.2, 0.25) is 0 Å². The van der Waals surface area contributed by atoms with E-state index in [-0.39, 0.29) is 11.3 Å². The van der Waals surface area contributed by atoms with Gasteiger partial charge in [0.05, 0.1) is 4.91 Å². The second kappa shape index (κ2) is 6.01. The molecule has 24 heavy (non-hydrogen) atoms. The minimum atomic E-state index is -0.155. The SMILES string of the molecule is O=C1NC(=S)SC1=Cc1cc(-c2ccc3[nH]ccc(=O)c3c2)cs1. The molecule has 0 atom stereocenters. The summed E-state index contributed by atoms with van der Waals surface area (Å²) in [6.45, 7) is 0. The van der Waals surface area contributed by atoms with Crippen LogP contribution in [0.2, 0.25) is 0 Å².